The van der Waals surface area contributed by atoms with Crippen LogP contribution in [0.4, 0.5) is 0 Å². The third-order valence-corrected chi connectivity index (χ3v) is 2.72. The van der Waals surface area contributed by atoms with Crippen LogP contribution in [0.3, 0.4) is 0 Å². The SMILES string of the molecule is CC(C)=CC(=O)N1CC(Oc2cc(C#N)ccn2)C1. The largest absolute Gasteiger partial charge is 0.471 e. The molecule has 0 aliphatic carbocycles. The summed E-state index contributed by atoms with van der Waals surface area (Å²) in [6.45, 7) is 4.90. The van der Waals surface area contributed by atoms with Crippen LogP contribution < -0.4 is 4.74 Å². The predicted molar refractivity (Wildman–Crippen MR) is 69.4 cm³/mol. The molecule has 0 bridgehead atoms. The van der Waals surface area contributed by atoms with Crippen LogP contribution in [0.2, 0.25) is 0 Å². The molecule has 0 N–H and O–H groups in total. The fourth-order valence-electron chi connectivity index (χ4n) is 1.75. The van der Waals surface area contributed by atoms with Gasteiger partial charge in [0.05, 0.1) is 24.7 Å². The van der Waals surface area contributed by atoms with Gasteiger partial charge in [-0.2, -0.15) is 5.26 Å². The highest BCUT2D eigenvalue weighted by atomic mass is 16.5. The molecule has 1 aromatic heterocycles. The number of hydrogen-bond donors (Lipinski definition) is 0. The summed E-state index contributed by atoms with van der Waals surface area (Å²) >= 11 is 0. The highest BCUT2D eigenvalue weighted by Gasteiger charge is 2.31. The number of pyridine rings is 1. The summed E-state index contributed by atoms with van der Waals surface area (Å²) in [4.78, 5) is 17.4. The second-order valence-corrected chi connectivity index (χ2v) is 4.70. The summed E-state index contributed by atoms with van der Waals surface area (Å²) in [6, 6.07) is 5.25. The molecule has 2 heterocycles. The number of allylic oxidation sites excluding steroid dienone is 1. The van der Waals surface area contributed by atoms with Gasteiger partial charge in [-0.1, -0.05) is 5.57 Å². The molecule has 0 unspecified atom stereocenters. The van der Waals surface area contributed by atoms with E-state index in [0.29, 0.717) is 24.5 Å². The Hall–Kier alpha value is -2.35. The van der Waals surface area contributed by atoms with Crippen LogP contribution in [0.5, 0.6) is 5.88 Å². The molecule has 0 spiro atoms. The van der Waals surface area contributed by atoms with Gasteiger partial charge in [-0.15, -0.1) is 0 Å². The van der Waals surface area contributed by atoms with Crippen molar-refractivity contribution in [2.24, 2.45) is 0 Å². The zero-order chi connectivity index (χ0) is 13.8. The molecule has 1 saturated heterocycles. The van der Waals surface area contributed by atoms with Gasteiger partial charge in [0.15, 0.2) is 0 Å². The lowest BCUT2D eigenvalue weighted by molar-refractivity contribution is -0.134. The average molecular weight is 257 g/mol. The average Bonchev–Trinajstić information content (AvgIpc) is 2.32. The zero-order valence-electron chi connectivity index (χ0n) is 11.0. The first kappa shape index (κ1) is 13.1. The van der Waals surface area contributed by atoms with Crippen LogP contribution in [0.15, 0.2) is 30.0 Å². The molecule has 2 rings (SSSR count). The molecule has 0 atom stereocenters. The van der Waals surface area contributed by atoms with E-state index in [4.69, 9.17) is 10.00 Å². The molecule has 5 heteroatoms. The lowest BCUT2D eigenvalue weighted by Gasteiger charge is -2.38. The van der Waals surface area contributed by atoms with Crippen LogP contribution in [-0.4, -0.2) is 35.0 Å². The molecular formula is C14H15N3O2. The van der Waals surface area contributed by atoms with Crippen LogP contribution in [0, 0.1) is 11.3 Å². The summed E-state index contributed by atoms with van der Waals surface area (Å²) in [5.74, 6) is 0.442. The van der Waals surface area contributed by atoms with Gasteiger partial charge in [-0.25, -0.2) is 4.98 Å². The molecule has 98 valence electrons. The van der Waals surface area contributed by atoms with E-state index in [1.165, 1.54) is 0 Å². The molecule has 1 amide bonds. The second-order valence-electron chi connectivity index (χ2n) is 4.70. The number of ether oxygens (including phenoxy) is 1. The predicted octanol–water partition coefficient (Wildman–Crippen LogP) is 1.51. The van der Waals surface area contributed by atoms with Gasteiger partial charge in [-0.05, 0) is 19.9 Å². The number of aromatic nitrogens is 1. The lowest BCUT2D eigenvalue weighted by Crippen LogP contribution is -2.55. The number of carbonyl (C=O) groups is 1. The van der Waals surface area contributed by atoms with Crippen molar-refractivity contribution in [1.29, 1.82) is 5.26 Å². The number of nitrogens with zero attached hydrogens (tertiary/aromatic N) is 3. The van der Waals surface area contributed by atoms with Crippen molar-refractivity contribution in [3.63, 3.8) is 0 Å². The van der Waals surface area contributed by atoms with Gasteiger partial charge in [0.25, 0.3) is 0 Å². The fourth-order valence-corrected chi connectivity index (χ4v) is 1.75. The zero-order valence-corrected chi connectivity index (χ0v) is 11.0. The Morgan fingerprint density at radius 3 is 2.95 bits per heavy atom. The van der Waals surface area contributed by atoms with E-state index in [2.05, 4.69) is 4.98 Å². The minimum absolute atomic E-state index is 0.0126. The highest BCUT2D eigenvalue weighted by Crippen LogP contribution is 2.17. The van der Waals surface area contributed by atoms with Crippen molar-refractivity contribution < 1.29 is 9.53 Å². The minimum Gasteiger partial charge on any atom is -0.471 e. The van der Waals surface area contributed by atoms with Gasteiger partial charge >= 0.3 is 0 Å². The standard InChI is InChI=1S/C14H15N3O2/c1-10(2)5-14(18)17-8-12(9-17)19-13-6-11(7-15)3-4-16-13/h3-6,12H,8-9H2,1-2H3. The van der Waals surface area contributed by atoms with Crippen molar-refractivity contribution in [2.45, 2.75) is 20.0 Å². The van der Waals surface area contributed by atoms with Crippen LogP contribution >= 0.6 is 0 Å². The van der Waals surface area contributed by atoms with Gasteiger partial charge < -0.3 is 9.64 Å². The monoisotopic (exact) mass is 257 g/mol. The Kier molecular flexibility index (Phi) is 3.81. The van der Waals surface area contributed by atoms with Gasteiger partial charge in [-0.3, -0.25) is 4.79 Å². The molecule has 1 fully saturated rings. The van der Waals surface area contributed by atoms with E-state index in [1.807, 2.05) is 19.9 Å². The Labute approximate surface area is 112 Å². The molecule has 5 nitrogen and oxygen atoms in total. The quantitative estimate of drug-likeness (QED) is 0.770. The first-order valence-electron chi connectivity index (χ1n) is 6.05. The Morgan fingerprint density at radius 1 is 1.58 bits per heavy atom. The number of hydrogen-bond acceptors (Lipinski definition) is 4. The summed E-state index contributed by atoms with van der Waals surface area (Å²) in [6.07, 6.45) is 3.11. The van der Waals surface area contributed by atoms with Crippen LogP contribution in [0.1, 0.15) is 19.4 Å². The van der Waals surface area contributed by atoms with Gasteiger partial charge in [0.1, 0.15) is 6.10 Å². The molecule has 0 radical (unpaired) electrons. The minimum atomic E-state index is -0.0454. The number of rotatable bonds is 3. The molecular weight excluding hydrogens is 242 g/mol. The lowest BCUT2D eigenvalue weighted by atomic mass is 10.1. The maximum Gasteiger partial charge on any atom is 0.246 e. The summed E-state index contributed by atoms with van der Waals surface area (Å²) < 4.78 is 5.60. The summed E-state index contributed by atoms with van der Waals surface area (Å²) in [7, 11) is 0. The summed E-state index contributed by atoms with van der Waals surface area (Å²) in [5.41, 5.74) is 1.50. The summed E-state index contributed by atoms with van der Waals surface area (Å²) in [5, 5.41) is 8.77. The normalized spacial score (nSPS) is 14.3. The van der Waals surface area contributed by atoms with E-state index >= 15 is 0 Å². The third kappa shape index (κ3) is 3.32. The molecule has 1 aromatic rings. The van der Waals surface area contributed by atoms with E-state index in [0.717, 1.165) is 5.57 Å². The van der Waals surface area contributed by atoms with Crippen LogP contribution in [0.25, 0.3) is 0 Å². The molecule has 1 aliphatic rings. The molecule has 0 saturated carbocycles. The van der Waals surface area contributed by atoms with E-state index < -0.39 is 0 Å². The number of carbonyl (C=O) groups excluding carboxylic acids is 1. The van der Waals surface area contributed by atoms with Gasteiger partial charge in [0.2, 0.25) is 11.8 Å². The first-order valence-corrected chi connectivity index (χ1v) is 6.05. The maximum atomic E-state index is 11.7. The third-order valence-electron chi connectivity index (χ3n) is 2.72. The smallest absolute Gasteiger partial charge is 0.246 e. The maximum absolute atomic E-state index is 11.7. The molecule has 1 aliphatic heterocycles. The Balaban J connectivity index is 1.86. The molecule has 19 heavy (non-hydrogen) atoms. The van der Waals surface area contributed by atoms with E-state index in [-0.39, 0.29) is 12.0 Å². The number of likely N-dealkylation sites (tertiary alicyclic amines) is 1. The Morgan fingerprint density at radius 2 is 2.32 bits per heavy atom. The van der Waals surface area contributed by atoms with Crippen molar-refractivity contribution in [1.82, 2.24) is 9.88 Å². The highest BCUT2D eigenvalue weighted by molar-refractivity contribution is 5.88. The van der Waals surface area contributed by atoms with E-state index in [1.54, 1.807) is 29.3 Å². The van der Waals surface area contributed by atoms with Crippen molar-refractivity contribution in [3.8, 4) is 11.9 Å². The van der Waals surface area contributed by atoms with Crippen molar-refractivity contribution in [3.05, 3.63) is 35.5 Å². The second kappa shape index (κ2) is 5.53. The topological polar surface area (TPSA) is 66.2 Å². The van der Waals surface area contributed by atoms with Gasteiger partial charge in [0, 0.05) is 18.3 Å². The van der Waals surface area contributed by atoms with Crippen molar-refractivity contribution in [2.75, 3.05) is 13.1 Å². The number of amides is 1. The molecule has 0 aromatic carbocycles. The van der Waals surface area contributed by atoms with Crippen LogP contribution in [-0.2, 0) is 4.79 Å². The number of nitriles is 1. The fraction of sp³-hybridized carbons (Fsp3) is 0.357. The van der Waals surface area contributed by atoms with Crippen molar-refractivity contribution >= 4 is 5.91 Å². The first-order chi connectivity index (χ1) is 9.08. The Bertz CT molecular complexity index is 550. The van der Waals surface area contributed by atoms with E-state index in [9.17, 15) is 4.79 Å².